The Morgan fingerprint density at radius 1 is 1.40 bits per heavy atom. The number of aryl methyl sites for hydroxylation is 1. The lowest BCUT2D eigenvalue weighted by Gasteiger charge is -2.06. The summed E-state index contributed by atoms with van der Waals surface area (Å²) in [7, 11) is 0. The highest BCUT2D eigenvalue weighted by Crippen LogP contribution is 2.25. The summed E-state index contributed by atoms with van der Waals surface area (Å²) in [6.07, 6.45) is 1.69. The summed E-state index contributed by atoms with van der Waals surface area (Å²) < 4.78 is 0. The average Bonchev–Trinajstić information content (AvgIpc) is 2.58. The van der Waals surface area contributed by atoms with Gasteiger partial charge in [-0.15, -0.1) is 0 Å². The van der Waals surface area contributed by atoms with Crippen molar-refractivity contribution in [3.8, 4) is 6.07 Å². The zero-order chi connectivity index (χ0) is 11.0. The van der Waals surface area contributed by atoms with Crippen LogP contribution in [-0.2, 0) is 0 Å². The average molecular weight is 200 g/mol. The van der Waals surface area contributed by atoms with Gasteiger partial charge in [-0.2, -0.15) is 5.26 Å². The van der Waals surface area contributed by atoms with Crippen LogP contribution in [0.4, 0.5) is 0 Å². The first-order chi connectivity index (χ1) is 7.13. The third kappa shape index (κ3) is 1.46. The van der Waals surface area contributed by atoms with Crippen LogP contribution in [0.1, 0.15) is 36.8 Å². The first-order valence-corrected chi connectivity index (χ1v) is 4.89. The number of H-pyrrole nitrogens is 1. The van der Waals surface area contributed by atoms with Gasteiger partial charge in [-0.3, -0.25) is 0 Å². The third-order valence-corrected chi connectivity index (χ3v) is 2.34. The lowest BCUT2D eigenvalue weighted by atomic mass is 10.0. The third-order valence-electron chi connectivity index (χ3n) is 2.34. The van der Waals surface area contributed by atoms with E-state index in [9.17, 15) is 0 Å². The summed E-state index contributed by atoms with van der Waals surface area (Å²) in [5.41, 5.74) is 2.31. The van der Waals surface area contributed by atoms with E-state index in [0.29, 0.717) is 5.56 Å². The van der Waals surface area contributed by atoms with E-state index >= 15 is 0 Å². The Balaban J connectivity index is 2.87. The highest BCUT2D eigenvalue weighted by Gasteiger charge is 2.14. The summed E-state index contributed by atoms with van der Waals surface area (Å²) in [6, 6.07) is 2.15. The van der Waals surface area contributed by atoms with Crippen LogP contribution in [0, 0.1) is 18.3 Å². The molecule has 0 aliphatic heterocycles. The fraction of sp³-hybridized carbons (Fsp3) is 0.364. The van der Waals surface area contributed by atoms with E-state index in [1.165, 1.54) is 0 Å². The van der Waals surface area contributed by atoms with Crippen molar-refractivity contribution in [1.82, 2.24) is 15.0 Å². The predicted octanol–water partition coefficient (Wildman–Crippen LogP) is 2.26. The Bertz CT molecular complexity index is 545. The molecule has 0 aliphatic carbocycles. The molecule has 2 heterocycles. The fourth-order valence-corrected chi connectivity index (χ4v) is 1.68. The van der Waals surface area contributed by atoms with Crippen molar-refractivity contribution in [2.45, 2.75) is 26.7 Å². The molecule has 0 saturated carbocycles. The van der Waals surface area contributed by atoms with Crippen LogP contribution in [0.2, 0.25) is 0 Å². The Hall–Kier alpha value is -1.89. The van der Waals surface area contributed by atoms with Gasteiger partial charge in [0.25, 0.3) is 0 Å². The minimum atomic E-state index is 0.289. The van der Waals surface area contributed by atoms with Crippen LogP contribution in [0.5, 0.6) is 0 Å². The van der Waals surface area contributed by atoms with Crippen LogP contribution in [0.25, 0.3) is 11.0 Å². The van der Waals surface area contributed by atoms with Gasteiger partial charge >= 0.3 is 0 Å². The Morgan fingerprint density at radius 2 is 2.13 bits per heavy atom. The van der Waals surface area contributed by atoms with Gasteiger partial charge in [-0.25, -0.2) is 9.97 Å². The Morgan fingerprint density at radius 3 is 2.73 bits per heavy atom. The van der Waals surface area contributed by atoms with Gasteiger partial charge in [0.15, 0.2) is 0 Å². The van der Waals surface area contributed by atoms with E-state index < -0.39 is 0 Å². The number of nitrogens with zero attached hydrogens (tertiary/aromatic N) is 3. The normalized spacial score (nSPS) is 10.9. The molecule has 0 unspecified atom stereocenters. The summed E-state index contributed by atoms with van der Waals surface area (Å²) in [4.78, 5) is 11.7. The van der Waals surface area contributed by atoms with E-state index in [2.05, 4.69) is 34.9 Å². The number of nitrogens with one attached hydrogen (secondary N) is 1. The molecule has 0 atom stereocenters. The van der Waals surface area contributed by atoms with Crippen LogP contribution < -0.4 is 0 Å². The van der Waals surface area contributed by atoms with Gasteiger partial charge in [0, 0.05) is 6.20 Å². The molecule has 0 bridgehead atoms. The van der Waals surface area contributed by atoms with E-state index in [-0.39, 0.29) is 5.92 Å². The number of nitriles is 1. The Labute approximate surface area is 88.0 Å². The monoisotopic (exact) mass is 200 g/mol. The number of fused-ring (bicyclic) bond motifs is 1. The summed E-state index contributed by atoms with van der Waals surface area (Å²) >= 11 is 0. The van der Waals surface area contributed by atoms with Gasteiger partial charge in [-0.1, -0.05) is 13.8 Å². The lowest BCUT2D eigenvalue weighted by Crippen LogP contribution is -1.99. The summed E-state index contributed by atoms with van der Waals surface area (Å²) in [5, 5.41) is 9.83. The molecule has 0 amide bonds. The van der Waals surface area contributed by atoms with E-state index in [4.69, 9.17) is 5.26 Å². The molecule has 0 aliphatic rings. The standard InChI is InChI=1S/C11H12N4/c1-6(2)10-9-8(4-12)5-13-11(9)15-7(3)14-10/h5-6H,1-3H3,(H,13,14,15). The quantitative estimate of drug-likeness (QED) is 0.767. The van der Waals surface area contributed by atoms with E-state index in [1.54, 1.807) is 6.20 Å². The van der Waals surface area contributed by atoms with Crippen LogP contribution >= 0.6 is 0 Å². The van der Waals surface area contributed by atoms with E-state index in [1.807, 2.05) is 6.92 Å². The molecule has 2 aromatic rings. The van der Waals surface area contributed by atoms with Gasteiger partial charge in [-0.05, 0) is 12.8 Å². The second-order valence-corrected chi connectivity index (χ2v) is 3.85. The van der Waals surface area contributed by atoms with Gasteiger partial charge in [0.1, 0.15) is 17.5 Å². The van der Waals surface area contributed by atoms with Gasteiger partial charge in [0.05, 0.1) is 16.6 Å². The number of aromatic nitrogens is 3. The van der Waals surface area contributed by atoms with Crippen molar-refractivity contribution in [3.63, 3.8) is 0 Å². The second-order valence-electron chi connectivity index (χ2n) is 3.85. The molecular weight excluding hydrogens is 188 g/mol. The van der Waals surface area contributed by atoms with Crippen LogP contribution in [-0.4, -0.2) is 15.0 Å². The van der Waals surface area contributed by atoms with Crippen LogP contribution in [0.15, 0.2) is 6.20 Å². The summed E-state index contributed by atoms with van der Waals surface area (Å²) in [5.74, 6) is 1.02. The molecule has 0 spiro atoms. The number of hydrogen-bond donors (Lipinski definition) is 1. The lowest BCUT2D eigenvalue weighted by molar-refractivity contribution is 0.817. The first kappa shape index (κ1) is 9.66. The summed E-state index contributed by atoms with van der Waals surface area (Å²) in [6.45, 7) is 5.99. The molecule has 4 nitrogen and oxygen atoms in total. The van der Waals surface area contributed by atoms with Crippen molar-refractivity contribution in [2.75, 3.05) is 0 Å². The largest absolute Gasteiger partial charge is 0.345 e. The van der Waals surface area contributed by atoms with Crippen LogP contribution in [0.3, 0.4) is 0 Å². The Kier molecular flexibility index (Phi) is 2.16. The topological polar surface area (TPSA) is 65.4 Å². The zero-order valence-electron chi connectivity index (χ0n) is 9.00. The number of rotatable bonds is 1. The maximum atomic E-state index is 8.97. The highest BCUT2D eigenvalue weighted by atomic mass is 14.9. The van der Waals surface area contributed by atoms with Crippen molar-refractivity contribution in [1.29, 1.82) is 5.26 Å². The fourth-order valence-electron chi connectivity index (χ4n) is 1.68. The maximum Gasteiger partial charge on any atom is 0.142 e. The minimum Gasteiger partial charge on any atom is -0.345 e. The van der Waals surface area contributed by atoms with Gasteiger partial charge in [0.2, 0.25) is 0 Å². The molecular formula is C11H12N4. The van der Waals surface area contributed by atoms with E-state index in [0.717, 1.165) is 22.6 Å². The molecule has 15 heavy (non-hydrogen) atoms. The first-order valence-electron chi connectivity index (χ1n) is 4.89. The molecule has 2 rings (SSSR count). The minimum absolute atomic E-state index is 0.289. The number of aromatic amines is 1. The molecule has 0 radical (unpaired) electrons. The molecule has 0 aromatic carbocycles. The van der Waals surface area contributed by atoms with Crippen molar-refractivity contribution in [3.05, 3.63) is 23.3 Å². The van der Waals surface area contributed by atoms with Crippen molar-refractivity contribution in [2.24, 2.45) is 0 Å². The SMILES string of the molecule is Cc1nc(C(C)C)c2c(C#N)c[nH]c2n1. The molecule has 1 N–H and O–H groups in total. The second kappa shape index (κ2) is 3.35. The molecule has 0 fully saturated rings. The zero-order valence-corrected chi connectivity index (χ0v) is 9.00. The molecule has 76 valence electrons. The van der Waals surface area contributed by atoms with Gasteiger partial charge < -0.3 is 4.98 Å². The highest BCUT2D eigenvalue weighted by molar-refractivity contribution is 5.85. The molecule has 2 aromatic heterocycles. The number of hydrogen-bond acceptors (Lipinski definition) is 3. The van der Waals surface area contributed by atoms with Crippen molar-refractivity contribution >= 4 is 11.0 Å². The smallest absolute Gasteiger partial charge is 0.142 e. The van der Waals surface area contributed by atoms with Crippen molar-refractivity contribution < 1.29 is 0 Å². The molecule has 0 saturated heterocycles. The molecule has 4 heteroatoms. The predicted molar refractivity (Wildman–Crippen MR) is 57.4 cm³/mol. The maximum absolute atomic E-state index is 8.97.